The molecule has 16 heavy (non-hydrogen) atoms. The van der Waals surface area contributed by atoms with Gasteiger partial charge >= 0.3 is 0 Å². The van der Waals surface area contributed by atoms with E-state index in [1.165, 1.54) is 12.8 Å². The van der Waals surface area contributed by atoms with Gasteiger partial charge in [-0.25, -0.2) is 0 Å². The first kappa shape index (κ1) is 9.27. The average molecular weight is 212 g/mol. The largest absolute Gasteiger partial charge is 0.0622 e. The van der Waals surface area contributed by atoms with Gasteiger partial charge in [0.25, 0.3) is 0 Å². The zero-order valence-corrected chi connectivity index (χ0v) is 10.5. The van der Waals surface area contributed by atoms with Gasteiger partial charge in [0.15, 0.2) is 0 Å². The van der Waals surface area contributed by atoms with Crippen LogP contribution < -0.4 is 0 Å². The summed E-state index contributed by atoms with van der Waals surface area (Å²) < 4.78 is 0. The number of rotatable bonds is 1. The van der Waals surface area contributed by atoms with Crippen molar-refractivity contribution in [2.75, 3.05) is 0 Å². The van der Waals surface area contributed by atoms with Crippen molar-refractivity contribution in [2.24, 2.45) is 22.7 Å². The molecule has 4 rings (SSSR count). The van der Waals surface area contributed by atoms with E-state index in [0.717, 1.165) is 11.8 Å². The van der Waals surface area contributed by atoms with Crippen molar-refractivity contribution < 1.29 is 0 Å². The molecule has 0 unspecified atom stereocenters. The molecule has 1 aromatic rings. The molecular formula is C16H20. The molecule has 3 saturated carbocycles. The van der Waals surface area contributed by atoms with Crippen LogP contribution in [0, 0.1) is 22.7 Å². The molecular weight excluding hydrogens is 192 g/mol. The van der Waals surface area contributed by atoms with Gasteiger partial charge in [0.2, 0.25) is 0 Å². The monoisotopic (exact) mass is 212 g/mol. The summed E-state index contributed by atoms with van der Waals surface area (Å²) in [4.78, 5) is 0. The van der Waals surface area contributed by atoms with Crippen molar-refractivity contribution in [2.45, 2.75) is 39.0 Å². The van der Waals surface area contributed by atoms with Gasteiger partial charge in [0.05, 0.1) is 0 Å². The van der Waals surface area contributed by atoms with Gasteiger partial charge in [-0.3, -0.25) is 0 Å². The summed E-state index contributed by atoms with van der Waals surface area (Å²) in [5.41, 5.74) is 3.27. The van der Waals surface area contributed by atoms with E-state index >= 15 is 0 Å². The first-order chi connectivity index (χ1) is 7.58. The molecule has 3 fully saturated rings. The van der Waals surface area contributed by atoms with E-state index in [0.29, 0.717) is 16.2 Å². The highest BCUT2D eigenvalue weighted by Gasteiger charge is 2.94. The molecule has 0 amide bonds. The second-order valence-electron chi connectivity index (χ2n) is 6.79. The molecule has 0 heterocycles. The topological polar surface area (TPSA) is 0 Å². The summed E-state index contributed by atoms with van der Waals surface area (Å²) in [6.45, 7) is 7.54. The lowest BCUT2D eigenvalue weighted by atomic mass is 9.46. The van der Waals surface area contributed by atoms with Crippen LogP contribution in [0.4, 0.5) is 0 Å². The molecule has 3 aliphatic rings. The third-order valence-electron chi connectivity index (χ3n) is 6.84. The Hall–Kier alpha value is -0.780. The molecule has 0 spiro atoms. The zero-order valence-electron chi connectivity index (χ0n) is 10.5. The highest BCUT2D eigenvalue weighted by molar-refractivity contribution is 5.54. The fourth-order valence-electron chi connectivity index (χ4n) is 5.96. The standard InChI is InChI=1S/C16H20/c1-14(2)15(3)12-9-10-13(12)16(14,15)11-7-5-4-6-8-11/h4-8,12-13H,9-10H2,1-3H3/t12-,13-,15+,16-/m1/s1. The molecule has 0 N–H and O–H groups in total. The van der Waals surface area contributed by atoms with Gasteiger partial charge in [-0.1, -0.05) is 51.1 Å². The second-order valence-corrected chi connectivity index (χ2v) is 6.79. The van der Waals surface area contributed by atoms with Gasteiger partial charge in [-0.2, -0.15) is 0 Å². The predicted molar refractivity (Wildman–Crippen MR) is 66.2 cm³/mol. The van der Waals surface area contributed by atoms with E-state index < -0.39 is 0 Å². The molecule has 4 atom stereocenters. The average Bonchev–Trinajstić information content (AvgIpc) is 2.56. The third-order valence-corrected chi connectivity index (χ3v) is 6.84. The minimum Gasteiger partial charge on any atom is -0.0622 e. The maximum absolute atomic E-state index is 2.54. The fourth-order valence-corrected chi connectivity index (χ4v) is 5.96. The van der Waals surface area contributed by atoms with Crippen LogP contribution in [0.25, 0.3) is 0 Å². The van der Waals surface area contributed by atoms with Crippen molar-refractivity contribution in [1.82, 2.24) is 0 Å². The van der Waals surface area contributed by atoms with Gasteiger partial charge in [0.1, 0.15) is 0 Å². The Bertz CT molecular complexity index is 458. The number of hydrogen-bond acceptors (Lipinski definition) is 0. The molecule has 0 aliphatic heterocycles. The van der Waals surface area contributed by atoms with E-state index in [1.54, 1.807) is 5.56 Å². The molecule has 84 valence electrons. The Balaban J connectivity index is 1.90. The predicted octanol–water partition coefficient (Wildman–Crippen LogP) is 4.01. The minimum atomic E-state index is 0.521. The van der Waals surface area contributed by atoms with Crippen molar-refractivity contribution in [1.29, 1.82) is 0 Å². The zero-order chi connectivity index (χ0) is 11.2. The van der Waals surface area contributed by atoms with Crippen LogP contribution in [0.3, 0.4) is 0 Å². The second kappa shape index (κ2) is 2.25. The van der Waals surface area contributed by atoms with Crippen molar-refractivity contribution >= 4 is 0 Å². The summed E-state index contributed by atoms with van der Waals surface area (Å²) in [7, 11) is 0. The van der Waals surface area contributed by atoms with Gasteiger partial charge in [-0.15, -0.1) is 0 Å². The Labute approximate surface area is 98.1 Å². The molecule has 1 aromatic carbocycles. The molecule has 0 heteroatoms. The number of hydrogen-bond donors (Lipinski definition) is 0. The minimum absolute atomic E-state index is 0.521. The summed E-state index contributed by atoms with van der Waals surface area (Å²) >= 11 is 0. The van der Waals surface area contributed by atoms with Gasteiger partial charge < -0.3 is 0 Å². The van der Waals surface area contributed by atoms with Gasteiger partial charge in [0, 0.05) is 5.41 Å². The normalized spacial score (nSPS) is 50.7. The molecule has 0 nitrogen and oxygen atoms in total. The Kier molecular flexibility index (Phi) is 1.30. The quantitative estimate of drug-likeness (QED) is 0.660. The van der Waals surface area contributed by atoms with Crippen molar-refractivity contribution in [3.8, 4) is 0 Å². The maximum atomic E-state index is 2.54. The molecule has 0 aromatic heterocycles. The van der Waals surface area contributed by atoms with Crippen LogP contribution in [0.1, 0.15) is 39.2 Å². The highest BCUT2D eigenvalue weighted by atomic mass is 15.0. The molecule has 0 radical (unpaired) electrons. The summed E-state index contributed by atoms with van der Waals surface area (Å²) in [5.74, 6) is 2.03. The van der Waals surface area contributed by atoms with E-state index in [9.17, 15) is 0 Å². The van der Waals surface area contributed by atoms with Crippen LogP contribution in [0.2, 0.25) is 0 Å². The van der Waals surface area contributed by atoms with Crippen LogP contribution in [-0.4, -0.2) is 0 Å². The van der Waals surface area contributed by atoms with Crippen LogP contribution in [0.5, 0.6) is 0 Å². The van der Waals surface area contributed by atoms with E-state index in [4.69, 9.17) is 0 Å². The van der Waals surface area contributed by atoms with E-state index in [1.807, 2.05) is 0 Å². The van der Waals surface area contributed by atoms with Gasteiger partial charge in [-0.05, 0) is 41.1 Å². The number of benzene rings is 1. The van der Waals surface area contributed by atoms with Crippen LogP contribution in [-0.2, 0) is 5.41 Å². The fraction of sp³-hybridized carbons (Fsp3) is 0.625. The van der Waals surface area contributed by atoms with E-state index in [2.05, 4.69) is 51.1 Å². The maximum Gasteiger partial charge on any atom is 0.0103 e. The summed E-state index contributed by atoms with van der Waals surface area (Å²) in [5, 5.41) is 0. The first-order valence-electron chi connectivity index (χ1n) is 6.64. The highest BCUT2D eigenvalue weighted by Crippen LogP contribution is 2.96. The lowest BCUT2D eigenvalue weighted by molar-refractivity contribution is -0.0482. The summed E-state index contributed by atoms with van der Waals surface area (Å²) in [6, 6.07) is 11.3. The van der Waals surface area contributed by atoms with Crippen molar-refractivity contribution in [3.63, 3.8) is 0 Å². The summed E-state index contributed by atoms with van der Waals surface area (Å²) in [6.07, 6.45) is 2.96. The van der Waals surface area contributed by atoms with Crippen molar-refractivity contribution in [3.05, 3.63) is 35.9 Å². The molecule has 3 aliphatic carbocycles. The Morgan fingerprint density at radius 3 is 2.06 bits per heavy atom. The smallest absolute Gasteiger partial charge is 0.0103 e. The SMILES string of the molecule is CC1(C)[C@]2(C)[C@@H]3CC[C@H]3[C@]12c1ccccc1. The molecule has 0 saturated heterocycles. The van der Waals surface area contributed by atoms with Crippen LogP contribution in [0.15, 0.2) is 30.3 Å². The van der Waals surface area contributed by atoms with Crippen LogP contribution >= 0.6 is 0 Å². The first-order valence-corrected chi connectivity index (χ1v) is 6.64. The Morgan fingerprint density at radius 2 is 1.56 bits per heavy atom. The molecule has 0 bridgehead atoms. The lowest BCUT2D eigenvalue weighted by Gasteiger charge is -2.58. The van der Waals surface area contributed by atoms with E-state index in [-0.39, 0.29) is 0 Å². The number of fused-ring (bicyclic) bond motifs is 4. The Morgan fingerprint density at radius 1 is 0.938 bits per heavy atom. The lowest BCUT2D eigenvalue weighted by Crippen LogP contribution is -2.54. The third kappa shape index (κ3) is 0.563.